The summed E-state index contributed by atoms with van der Waals surface area (Å²) in [6.45, 7) is 2.03. The van der Waals surface area contributed by atoms with Gasteiger partial charge in [-0.3, -0.25) is 4.40 Å². The van der Waals surface area contributed by atoms with Crippen molar-refractivity contribution in [3.8, 4) is 0 Å². The van der Waals surface area contributed by atoms with Gasteiger partial charge in [0.1, 0.15) is 0 Å². The molecule has 0 aliphatic carbocycles. The van der Waals surface area contributed by atoms with Crippen LogP contribution in [0, 0.1) is 6.92 Å². The highest BCUT2D eigenvalue weighted by Gasteiger charge is 2.16. The van der Waals surface area contributed by atoms with Gasteiger partial charge in [-0.2, -0.15) is 0 Å². The average molecular weight is 307 g/mol. The van der Waals surface area contributed by atoms with Crippen LogP contribution in [0.2, 0.25) is 0 Å². The first-order valence-corrected chi connectivity index (χ1v) is 8.39. The summed E-state index contributed by atoms with van der Waals surface area (Å²) in [5, 5.41) is 1.91. The summed E-state index contributed by atoms with van der Waals surface area (Å²) in [6, 6.07) is 6.94. The molecule has 0 saturated heterocycles. The Kier molecular flexibility index (Phi) is 3.33. The lowest BCUT2D eigenvalue weighted by molar-refractivity contribution is 0.579. The molecule has 1 N–H and O–H groups in total. The van der Waals surface area contributed by atoms with E-state index in [0.717, 1.165) is 16.2 Å². The second-order valence-corrected chi connectivity index (χ2v) is 6.97. The van der Waals surface area contributed by atoms with Gasteiger partial charge >= 0.3 is 0 Å². The van der Waals surface area contributed by atoms with Crippen LogP contribution >= 0.6 is 11.3 Å². The van der Waals surface area contributed by atoms with Gasteiger partial charge < -0.3 is 0 Å². The number of imidazole rings is 1. The summed E-state index contributed by atoms with van der Waals surface area (Å²) >= 11 is 1.49. The third-order valence-electron chi connectivity index (χ3n) is 3.04. The molecule has 0 atom stereocenters. The molecule has 104 valence electrons. The first-order valence-electron chi connectivity index (χ1n) is 6.03. The molecular weight excluding hydrogens is 294 g/mol. The van der Waals surface area contributed by atoms with Crippen molar-refractivity contribution < 1.29 is 8.42 Å². The van der Waals surface area contributed by atoms with Crippen molar-refractivity contribution in [2.75, 3.05) is 0 Å². The number of benzene rings is 1. The number of hydrogen-bond donors (Lipinski definition) is 1. The molecule has 0 saturated carbocycles. The third-order valence-corrected chi connectivity index (χ3v) is 5.51. The Labute approximate surface area is 121 Å². The number of sulfonamides is 1. The zero-order valence-corrected chi connectivity index (χ0v) is 12.4. The SMILES string of the molecule is Cc1ccccc1S(=O)(=O)NCc1csc2nccn12. The van der Waals surface area contributed by atoms with Crippen molar-refractivity contribution in [2.45, 2.75) is 18.4 Å². The van der Waals surface area contributed by atoms with Crippen LogP contribution in [0.25, 0.3) is 4.96 Å². The van der Waals surface area contributed by atoms with E-state index in [1.165, 1.54) is 11.3 Å². The van der Waals surface area contributed by atoms with E-state index in [-0.39, 0.29) is 6.54 Å². The minimum Gasteiger partial charge on any atom is -0.293 e. The Morgan fingerprint density at radius 3 is 2.95 bits per heavy atom. The van der Waals surface area contributed by atoms with Crippen molar-refractivity contribution in [1.29, 1.82) is 0 Å². The lowest BCUT2D eigenvalue weighted by atomic mass is 10.2. The van der Waals surface area contributed by atoms with Crippen LogP contribution in [0.3, 0.4) is 0 Å². The summed E-state index contributed by atoms with van der Waals surface area (Å²) in [6.07, 6.45) is 3.52. The molecule has 0 unspecified atom stereocenters. The van der Waals surface area contributed by atoms with Gasteiger partial charge in [-0.25, -0.2) is 18.1 Å². The number of aromatic nitrogens is 2. The fourth-order valence-electron chi connectivity index (χ4n) is 2.00. The molecule has 0 bridgehead atoms. The number of fused-ring (bicyclic) bond motifs is 1. The van der Waals surface area contributed by atoms with E-state index >= 15 is 0 Å². The van der Waals surface area contributed by atoms with Crippen molar-refractivity contribution >= 4 is 26.3 Å². The minimum absolute atomic E-state index is 0.243. The molecule has 7 heteroatoms. The van der Waals surface area contributed by atoms with Gasteiger partial charge in [0.25, 0.3) is 0 Å². The number of rotatable bonds is 4. The number of thiazole rings is 1. The molecule has 0 fully saturated rings. The summed E-state index contributed by atoms with van der Waals surface area (Å²) in [5.41, 5.74) is 1.61. The van der Waals surface area contributed by atoms with Gasteiger partial charge in [0.2, 0.25) is 10.0 Å². The predicted molar refractivity (Wildman–Crippen MR) is 78.3 cm³/mol. The van der Waals surface area contributed by atoms with Crippen LogP contribution < -0.4 is 4.72 Å². The van der Waals surface area contributed by atoms with Gasteiger partial charge in [0, 0.05) is 23.5 Å². The van der Waals surface area contributed by atoms with E-state index in [0.29, 0.717) is 4.90 Å². The molecule has 0 aliphatic rings. The van der Waals surface area contributed by atoms with Crippen molar-refractivity contribution in [2.24, 2.45) is 0 Å². The molecular formula is C13H13N3O2S2. The van der Waals surface area contributed by atoms with Gasteiger partial charge in [-0.05, 0) is 18.6 Å². The smallest absolute Gasteiger partial charge is 0.241 e. The molecule has 3 rings (SSSR count). The average Bonchev–Trinajstić information content (AvgIpc) is 3.00. The number of aryl methyl sites for hydroxylation is 1. The molecule has 1 aromatic carbocycles. The van der Waals surface area contributed by atoms with Crippen molar-refractivity contribution in [3.63, 3.8) is 0 Å². The van der Waals surface area contributed by atoms with Gasteiger partial charge in [0.05, 0.1) is 11.4 Å². The standard InChI is InChI=1S/C13H13N3O2S2/c1-10-4-2-3-5-12(10)20(17,18)15-8-11-9-19-13-14-6-7-16(11)13/h2-7,9,15H,8H2,1H3. The maximum Gasteiger partial charge on any atom is 0.241 e. The van der Waals surface area contributed by atoms with E-state index in [4.69, 9.17) is 0 Å². The molecule has 3 aromatic rings. The first-order chi connectivity index (χ1) is 9.58. The minimum atomic E-state index is -3.50. The highest BCUT2D eigenvalue weighted by molar-refractivity contribution is 7.89. The Hall–Kier alpha value is -1.70. The summed E-state index contributed by atoms with van der Waals surface area (Å²) < 4.78 is 29.1. The molecule has 2 aromatic heterocycles. The zero-order chi connectivity index (χ0) is 14.2. The van der Waals surface area contributed by atoms with Crippen molar-refractivity contribution in [3.05, 3.63) is 53.3 Å². The Balaban J connectivity index is 1.85. The van der Waals surface area contributed by atoms with E-state index < -0.39 is 10.0 Å². The maximum atomic E-state index is 12.3. The molecule has 0 spiro atoms. The largest absolute Gasteiger partial charge is 0.293 e. The second-order valence-electron chi connectivity index (χ2n) is 4.40. The third kappa shape index (κ3) is 2.35. The lowest BCUT2D eigenvalue weighted by Crippen LogP contribution is -2.24. The topological polar surface area (TPSA) is 63.5 Å². The Morgan fingerprint density at radius 1 is 1.35 bits per heavy atom. The predicted octanol–water partition coefficient (Wildman–Crippen LogP) is 2.18. The fraction of sp³-hybridized carbons (Fsp3) is 0.154. The Bertz CT molecular complexity index is 849. The quantitative estimate of drug-likeness (QED) is 0.803. The molecule has 5 nitrogen and oxygen atoms in total. The van der Waals surface area contributed by atoms with E-state index in [9.17, 15) is 8.42 Å². The van der Waals surface area contributed by atoms with Crippen LogP contribution in [0.5, 0.6) is 0 Å². The van der Waals surface area contributed by atoms with Crippen molar-refractivity contribution in [1.82, 2.24) is 14.1 Å². The molecule has 2 heterocycles. The van der Waals surface area contributed by atoms with E-state index in [1.807, 2.05) is 22.0 Å². The monoisotopic (exact) mass is 307 g/mol. The fourth-order valence-corrected chi connectivity index (χ4v) is 4.10. The lowest BCUT2D eigenvalue weighted by Gasteiger charge is -2.08. The normalized spacial score (nSPS) is 12.1. The summed E-state index contributed by atoms with van der Waals surface area (Å²) in [5.74, 6) is 0. The molecule has 0 aliphatic heterocycles. The van der Waals surface area contributed by atoms with Gasteiger partial charge in [-0.1, -0.05) is 18.2 Å². The number of hydrogen-bond acceptors (Lipinski definition) is 4. The molecule has 0 radical (unpaired) electrons. The molecule has 20 heavy (non-hydrogen) atoms. The van der Waals surface area contributed by atoms with Gasteiger partial charge in [-0.15, -0.1) is 11.3 Å². The number of nitrogens with one attached hydrogen (secondary N) is 1. The zero-order valence-electron chi connectivity index (χ0n) is 10.8. The van der Waals surface area contributed by atoms with E-state index in [2.05, 4.69) is 9.71 Å². The van der Waals surface area contributed by atoms with Crippen LogP contribution in [-0.4, -0.2) is 17.8 Å². The van der Waals surface area contributed by atoms with E-state index in [1.54, 1.807) is 31.3 Å². The van der Waals surface area contributed by atoms with Gasteiger partial charge in [0.15, 0.2) is 4.96 Å². The first kappa shape index (κ1) is 13.3. The maximum absolute atomic E-state index is 12.3. The number of nitrogens with zero attached hydrogens (tertiary/aromatic N) is 2. The molecule has 0 amide bonds. The highest BCUT2D eigenvalue weighted by atomic mass is 32.2. The Morgan fingerprint density at radius 2 is 2.15 bits per heavy atom. The van der Waals surface area contributed by atoms with Crippen LogP contribution in [0.4, 0.5) is 0 Å². The van der Waals surface area contributed by atoms with Crippen LogP contribution in [-0.2, 0) is 16.6 Å². The highest BCUT2D eigenvalue weighted by Crippen LogP contribution is 2.17. The summed E-state index contributed by atoms with van der Waals surface area (Å²) in [4.78, 5) is 5.33. The summed E-state index contributed by atoms with van der Waals surface area (Å²) in [7, 11) is -3.50. The second kappa shape index (κ2) is 5.01. The van der Waals surface area contributed by atoms with Crippen LogP contribution in [0.15, 0.2) is 46.9 Å². The van der Waals surface area contributed by atoms with Crippen LogP contribution in [0.1, 0.15) is 11.3 Å².